The summed E-state index contributed by atoms with van der Waals surface area (Å²) in [5.41, 5.74) is 4.39. The minimum Gasteiger partial charge on any atom is -0.484 e. The van der Waals surface area contributed by atoms with E-state index in [1.54, 1.807) is 17.0 Å². The van der Waals surface area contributed by atoms with Gasteiger partial charge in [0.05, 0.1) is 0 Å². The van der Waals surface area contributed by atoms with E-state index >= 15 is 0 Å². The van der Waals surface area contributed by atoms with E-state index in [1.807, 2.05) is 24.3 Å². The number of anilines is 2. The molecule has 1 aliphatic carbocycles. The molecule has 0 atom stereocenters. The van der Waals surface area contributed by atoms with Crippen molar-refractivity contribution in [2.45, 2.75) is 38.5 Å². The van der Waals surface area contributed by atoms with Crippen molar-refractivity contribution >= 4 is 23.2 Å². The first-order valence-corrected chi connectivity index (χ1v) is 9.64. The van der Waals surface area contributed by atoms with Gasteiger partial charge in [-0.15, -0.1) is 0 Å². The highest BCUT2D eigenvalue weighted by atomic mass is 16.5. The summed E-state index contributed by atoms with van der Waals surface area (Å²) in [5.74, 6) is 0.623. The Hall–Kier alpha value is -2.82. The fourth-order valence-corrected chi connectivity index (χ4v) is 3.88. The second-order valence-electron chi connectivity index (χ2n) is 7.13. The first kappa shape index (κ1) is 17.6. The monoisotopic (exact) mass is 364 g/mol. The van der Waals surface area contributed by atoms with Crippen LogP contribution in [-0.4, -0.2) is 25.0 Å². The molecule has 2 aliphatic rings. The molecule has 1 heterocycles. The van der Waals surface area contributed by atoms with E-state index in [2.05, 4.69) is 11.4 Å². The van der Waals surface area contributed by atoms with Crippen LogP contribution in [0.5, 0.6) is 5.75 Å². The van der Waals surface area contributed by atoms with Gasteiger partial charge in [-0.1, -0.05) is 12.1 Å². The Morgan fingerprint density at radius 1 is 1.00 bits per heavy atom. The van der Waals surface area contributed by atoms with Crippen molar-refractivity contribution in [3.05, 3.63) is 53.6 Å². The molecule has 4 rings (SSSR count). The Morgan fingerprint density at radius 3 is 2.59 bits per heavy atom. The van der Waals surface area contributed by atoms with E-state index in [1.165, 1.54) is 24.0 Å². The zero-order chi connectivity index (χ0) is 18.6. The van der Waals surface area contributed by atoms with E-state index in [0.29, 0.717) is 12.2 Å². The predicted molar refractivity (Wildman–Crippen MR) is 105 cm³/mol. The molecule has 2 aromatic rings. The lowest BCUT2D eigenvalue weighted by molar-refractivity contribution is -0.118. The normalized spacial score (nSPS) is 16.1. The highest BCUT2D eigenvalue weighted by Crippen LogP contribution is 2.28. The van der Waals surface area contributed by atoms with Crippen molar-refractivity contribution in [2.24, 2.45) is 0 Å². The lowest BCUT2D eigenvalue weighted by atomic mass is 9.90. The van der Waals surface area contributed by atoms with Crippen LogP contribution in [0, 0.1) is 0 Å². The number of carbonyl (C=O) groups excluding carboxylic acids is 2. The first-order valence-electron chi connectivity index (χ1n) is 9.64. The number of ether oxygens (including phenoxy) is 1. The second kappa shape index (κ2) is 7.82. The van der Waals surface area contributed by atoms with Gasteiger partial charge in [-0.2, -0.15) is 0 Å². The maximum absolute atomic E-state index is 12.3. The van der Waals surface area contributed by atoms with Crippen LogP contribution < -0.4 is 15.0 Å². The molecule has 0 spiro atoms. The fourth-order valence-electron chi connectivity index (χ4n) is 3.88. The molecule has 140 valence electrons. The molecule has 0 radical (unpaired) electrons. The fraction of sp³-hybridized carbons (Fsp3) is 0.364. The number of hydrogen-bond donors (Lipinski definition) is 1. The van der Waals surface area contributed by atoms with Crippen LogP contribution in [0.1, 0.15) is 36.8 Å². The maximum Gasteiger partial charge on any atom is 0.262 e. The van der Waals surface area contributed by atoms with Gasteiger partial charge < -0.3 is 15.0 Å². The van der Waals surface area contributed by atoms with Crippen LogP contribution in [0.4, 0.5) is 11.4 Å². The number of nitrogens with one attached hydrogen (secondary N) is 1. The maximum atomic E-state index is 12.3. The molecule has 5 nitrogen and oxygen atoms in total. The minimum atomic E-state index is -0.159. The number of aryl methyl sites for hydroxylation is 1. The topological polar surface area (TPSA) is 58.6 Å². The van der Waals surface area contributed by atoms with Gasteiger partial charge in [0.25, 0.3) is 5.91 Å². The van der Waals surface area contributed by atoms with Gasteiger partial charge in [-0.25, -0.2) is 0 Å². The van der Waals surface area contributed by atoms with Crippen LogP contribution in [0.15, 0.2) is 42.5 Å². The number of benzene rings is 2. The van der Waals surface area contributed by atoms with Crippen molar-refractivity contribution in [3.63, 3.8) is 0 Å². The number of carbonyl (C=O) groups is 2. The van der Waals surface area contributed by atoms with Crippen LogP contribution in [0.2, 0.25) is 0 Å². The summed E-state index contributed by atoms with van der Waals surface area (Å²) in [6.07, 6.45) is 6.00. The Balaban J connectivity index is 1.34. The molecular weight excluding hydrogens is 340 g/mol. The molecule has 0 aromatic heterocycles. The van der Waals surface area contributed by atoms with E-state index in [9.17, 15) is 9.59 Å². The Kier molecular flexibility index (Phi) is 5.10. The number of nitrogens with zero attached hydrogens (tertiary/aromatic N) is 1. The molecule has 0 saturated carbocycles. The van der Waals surface area contributed by atoms with Gasteiger partial charge in [0, 0.05) is 24.3 Å². The highest BCUT2D eigenvalue weighted by molar-refractivity contribution is 5.95. The quantitative estimate of drug-likeness (QED) is 0.880. The van der Waals surface area contributed by atoms with Crippen molar-refractivity contribution < 1.29 is 14.3 Å². The summed E-state index contributed by atoms with van der Waals surface area (Å²) in [6, 6.07) is 13.4. The predicted octanol–water partition coefficient (Wildman–Crippen LogP) is 3.71. The summed E-state index contributed by atoms with van der Waals surface area (Å²) in [7, 11) is 0. The van der Waals surface area contributed by atoms with Crippen molar-refractivity contribution in [2.75, 3.05) is 23.4 Å². The molecule has 1 fully saturated rings. The van der Waals surface area contributed by atoms with Crippen LogP contribution >= 0.6 is 0 Å². The third-order valence-electron chi connectivity index (χ3n) is 5.26. The summed E-state index contributed by atoms with van der Waals surface area (Å²) < 4.78 is 5.61. The van der Waals surface area contributed by atoms with Gasteiger partial charge >= 0.3 is 0 Å². The first-order chi connectivity index (χ1) is 13.2. The summed E-state index contributed by atoms with van der Waals surface area (Å²) >= 11 is 0. The Bertz CT molecular complexity index is 845. The van der Waals surface area contributed by atoms with Gasteiger partial charge in [0.15, 0.2) is 6.61 Å². The van der Waals surface area contributed by atoms with Crippen molar-refractivity contribution in [1.82, 2.24) is 0 Å². The largest absolute Gasteiger partial charge is 0.484 e. The lowest BCUT2D eigenvalue weighted by Crippen LogP contribution is -2.23. The van der Waals surface area contributed by atoms with Crippen LogP contribution in [0.25, 0.3) is 0 Å². The molecule has 0 bridgehead atoms. The van der Waals surface area contributed by atoms with Gasteiger partial charge in [-0.3, -0.25) is 9.59 Å². The number of hydrogen-bond acceptors (Lipinski definition) is 3. The molecule has 2 aromatic carbocycles. The Labute approximate surface area is 159 Å². The number of fused-ring (bicyclic) bond motifs is 1. The van der Waals surface area contributed by atoms with Crippen molar-refractivity contribution in [3.8, 4) is 5.75 Å². The van der Waals surface area contributed by atoms with Gasteiger partial charge in [0.2, 0.25) is 5.91 Å². The zero-order valence-electron chi connectivity index (χ0n) is 15.4. The molecule has 0 unspecified atom stereocenters. The lowest BCUT2D eigenvalue weighted by Gasteiger charge is -2.19. The van der Waals surface area contributed by atoms with E-state index in [0.717, 1.165) is 37.2 Å². The smallest absolute Gasteiger partial charge is 0.262 e. The van der Waals surface area contributed by atoms with E-state index < -0.39 is 0 Å². The molecule has 5 heteroatoms. The third-order valence-corrected chi connectivity index (χ3v) is 5.26. The minimum absolute atomic E-state index is 0.0361. The highest BCUT2D eigenvalue weighted by Gasteiger charge is 2.21. The SMILES string of the molecule is O=C(COc1ccc(N2CCCC2=O)cc1)Nc1cccc2c1CCCC2. The van der Waals surface area contributed by atoms with Gasteiger partial charge in [-0.05, 0) is 73.6 Å². The number of rotatable bonds is 5. The average molecular weight is 364 g/mol. The van der Waals surface area contributed by atoms with Crippen LogP contribution in [-0.2, 0) is 22.4 Å². The second-order valence-corrected chi connectivity index (χ2v) is 7.13. The summed E-state index contributed by atoms with van der Waals surface area (Å²) in [6.45, 7) is 0.731. The van der Waals surface area contributed by atoms with Crippen LogP contribution in [0.3, 0.4) is 0 Å². The molecule has 27 heavy (non-hydrogen) atoms. The molecule has 2 amide bonds. The Morgan fingerprint density at radius 2 is 1.81 bits per heavy atom. The summed E-state index contributed by atoms with van der Waals surface area (Å²) in [5, 5.41) is 2.99. The zero-order valence-corrected chi connectivity index (χ0v) is 15.4. The third kappa shape index (κ3) is 3.97. The molecular formula is C22H24N2O3. The summed E-state index contributed by atoms with van der Waals surface area (Å²) in [4.78, 5) is 25.9. The van der Waals surface area contributed by atoms with E-state index in [-0.39, 0.29) is 18.4 Å². The molecule has 1 N–H and O–H groups in total. The number of amides is 2. The molecule has 1 aliphatic heterocycles. The van der Waals surface area contributed by atoms with Gasteiger partial charge in [0.1, 0.15) is 5.75 Å². The average Bonchev–Trinajstić information content (AvgIpc) is 3.13. The van der Waals surface area contributed by atoms with E-state index in [4.69, 9.17) is 4.74 Å². The van der Waals surface area contributed by atoms with Crippen molar-refractivity contribution in [1.29, 1.82) is 0 Å². The molecule has 1 saturated heterocycles. The standard InChI is InChI=1S/C22H24N2O3/c25-21(23-20-8-3-6-16-5-1-2-7-19(16)20)15-27-18-12-10-17(11-13-18)24-14-4-9-22(24)26/h3,6,8,10-13H,1-2,4-5,7,9,14-15H2,(H,23,25).